The molecule has 0 spiro atoms. The Hall–Kier alpha value is -3.70. The van der Waals surface area contributed by atoms with Crippen LogP contribution in [0.2, 0.25) is 0 Å². The summed E-state index contributed by atoms with van der Waals surface area (Å²) in [4.78, 5) is 12.3. The predicted octanol–water partition coefficient (Wildman–Crippen LogP) is 3.74. The fourth-order valence-electron chi connectivity index (χ4n) is 3.42. The number of rotatable bonds is 5. The Morgan fingerprint density at radius 3 is 2.38 bits per heavy atom. The molecule has 2 aromatic carbocycles. The Morgan fingerprint density at radius 2 is 1.78 bits per heavy atom. The minimum Gasteiger partial charge on any atom is -0.497 e. The van der Waals surface area contributed by atoms with Crippen LogP contribution in [0.4, 0.5) is 28.0 Å². The Labute approximate surface area is 177 Å². The molecule has 3 aromatic rings. The molecule has 4 rings (SSSR count). The van der Waals surface area contributed by atoms with Gasteiger partial charge in [-0.15, -0.1) is 5.10 Å². The van der Waals surface area contributed by atoms with Gasteiger partial charge in [0, 0.05) is 35.7 Å². The van der Waals surface area contributed by atoms with E-state index in [1.807, 2.05) is 0 Å². The van der Waals surface area contributed by atoms with Crippen LogP contribution < -0.4 is 15.4 Å². The summed E-state index contributed by atoms with van der Waals surface area (Å²) < 4.78 is 77.4. The van der Waals surface area contributed by atoms with E-state index in [4.69, 9.17) is 9.15 Å². The quantitative estimate of drug-likeness (QED) is 0.571. The van der Waals surface area contributed by atoms with Crippen LogP contribution in [0.25, 0.3) is 11.5 Å². The van der Waals surface area contributed by atoms with Crippen molar-refractivity contribution in [3.63, 3.8) is 0 Å². The first-order chi connectivity index (χ1) is 15.2. The molecule has 2 heterocycles. The Bertz CT molecular complexity index is 1120. The van der Waals surface area contributed by atoms with Gasteiger partial charge >= 0.3 is 12.2 Å². The van der Waals surface area contributed by atoms with Crippen LogP contribution in [0, 0.1) is 11.6 Å². The van der Waals surface area contributed by atoms with E-state index in [9.17, 15) is 26.7 Å². The number of anilines is 1. The third-order valence-corrected chi connectivity index (χ3v) is 5.00. The maximum absolute atomic E-state index is 14.5. The number of hydrogen-bond donors (Lipinski definition) is 2. The largest absolute Gasteiger partial charge is 0.497 e. The van der Waals surface area contributed by atoms with E-state index in [1.165, 1.54) is 7.11 Å². The highest BCUT2D eigenvalue weighted by atomic mass is 19.4. The highest BCUT2D eigenvalue weighted by molar-refractivity contribution is 5.88. The van der Waals surface area contributed by atoms with Crippen LogP contribution in [-0.2, 0) is 11.0 Å². The zero-order valence-corrected chi connectivity index (χ0v) is 16.3. The lowest BCUT2D eigenvalue weighted by Crippen LogP contribution is -2.33. The van der Waals surface area contributed by atoms with Crippen molar-refractivity contribution in [1.29, 1.82) is 0 Å². The van der Waals surface area contributed by atoms with Gasteiger partial charge in [-0.3, -0.25) is 4.79 Å². The molecule has 0 radical (unpaired) electrons. The van der Waals surface area contributed by atoms with Gasteiger partial charge in [0.25, 0.3) is 0 Å². The molecule has 32 heavy (non-hydrogen) atoms. The number of benzene rings is 2. The lowest BCUT2D eigenvalue weighted by atomic mass is 9.93. The molecule has 1 fully saturated rings. The summed E-state index contributed by atoms with van der Waals surface area (Å²) >= 11 is 0. The summed E-state index contributed by atoms with van der Waals surface area (Å²) in [5, 5.41) is 12.6. The number of nitrogens with one attached hydrogen (secondary N) is 2. The van der Waals surface area contributed by atoms with Crippen molar-refractivity contribution >= 4 is 11.9 Å². The van der Waals surface area contributed by atoms with Gasteiger partial charge in [0.15, 0.2) is 0 Å². The molecule has 2 atom stereocenters. The van der Waals surface area contributed by atoms with E-state index in [2.05, 4.69) is 20.8 Å². The number of halogens is 5. The highest BCUT2D eigenvalue weighted by Crippen LogP contribution is 2.34. The number of carbonyl (C=O) groups excluding carboxylic acids is 1. The third-order valence-electron chi connectivity index (χ3n) is 5.00. The molecule has 1 saturated heterocycles. The van der Waals surface area contributed by atoms with Crippen molar-refractivity contribution in [3.8, 4) is 17.2 Å². The molecule has 1 aromatic heterocycles. The first-order valence-electron chi connectivity index (χ1n) is 9.25. The van der Waals surface area contributed by atoms with Gasteiger partial charge in [-0.1, -0.05) is 5.10 Å². The molecule has 7 nitrogen and oxygen atoms in total. The molecular formula is C20H15F5N4O3. The second-order valence-corrected chi connectivity index (χ2v) is 6.97. The summed E-state index contributed by atoms with van der Waals surface area (Å²) in [7, 11) is 1.27. The summed E-state index contributed by atoms with van der Waals surface area (Å²) in [6.07, 6.45) is -4.49. The van der Waals surface area contributed by atoms with Gasteiger partial charge < -0.3 is 19.8 Å². The Kier molecular flexibility index (Phi) is 5.45. The molecule has 1 aliphatic heterocycles. The SMILES string of the molecule is COc1cc(F)c(C2CNC(=O)C2Nc2nnc(-c3ccc(C(F)(F)F)cc3)o2)c(F)c1. The van der Waals surface area contributed by atoms with Crippen molar-refractivity contribution in [2.45, 2.75) is 18.1 Å². The van der Waals surface area contributed by atoms with E-state index < -0.39 is 41.2 Å². The molecule has 1 aliphatic rings. The van der Waals surface area contributed by atoms with Crippen LogP contribution in [-0.4, -0.2) is 35.8 Å². The van der Waals surface area contributed by atoms with Crippen molar-refractivity contribution in [3.05, 3.63) is 59.2 Å². The summed E-state index contributed by atoms with van der Waals surface area (Å²) in [6.45, 7) is -0.0451. The van der Waals surface area contributed by atoms with E-state index in [1.54, 1.807) is 0 Å². The van der Waals surface area contributed by atoms with Crippen molar-refractivity contribution in [2.75, 3.05) is 19.0 Å². The van der Waals surface area contributed by atoms with E-state index >= 15 is 0 Å². The Balaban J connectivity index is 1.56. The number of nitrogens with zero attached hydrogens (tertiary/aromatic N) is 2. The molecular weight excluding hydrogens is 439 g/mol. The molecule has 0 bridgehead atoms. The van der Waals surface area contributed by atoms with Gasteiger partial charge in [0.1, 0.15) is 23.4 Å². The molecule has 168 valence electrons. The van der Waals surface area contributed by atoms with Crippen molar-refractivity contribution in [1.82, 2.24) is 15.5 Å². The second kappa shape index (κ2) is 8.09. The second-order valence-electron chi connectivity index (χ2n) is 6.97. The third kappa shape index (κ3) is 4.07. The average Bonchev–Trinajstić information content (AvgIpc) is 3.35. The number of aromatic nitrogens is 2. The topological polar surface area (TPSA) is 89.3 Å². The van der Waals surface area contributed by atoms with Crippen LogP contribution >= 0.6 is 0 Å². The van der Waals surface area contributed by atoms with Gasteiger partial charge in [0.05, 0.1) is 12.7 Å². The zero-order valence-electron chi connectivity index (χ0n) is 16.3. The summed E-state index contributed by atoms with van der Waals surface area (Å²) in [5.74, 6) is -3.35. The average molecular weight is 454 g/mol. The number of carbonyl (C=O) groups is 1. The minimum absolute atomic E-state index is 0.0105. The first kappa shape index (κ1) is 21.5. The number of ether oxygens (including phenoxy) is 1. The van der Waals surface area contributed by atoms with Crippen molar-refractivity contribution in [2.24, 2.45) is 0 Å². The van der Waals surface area contributed by atoms with Gasteiger partial charge in [-0.05, 0) is 24.3 Å². The van der Waals surface area contributed by atoms with Crippen LogP contribution in [0.5, 0.6) is 5.75 Å². The molecule has 1 amide bonds. The van der Waals surface area contributed by atoms with E-state index in [0.717, 1.165) is 36.4 Å². The molecule has 12 heteroatoms. The number of methoxy groups -OCH3 is 1. The standard InChI is InChI=1S/C20H15F5N4O3/c1-31-11-6-13(21)15(14(22)7-11)12-8-26-17(30)16(12)27-19-29-28-18(32-19)9-2-4-10(5-3-9)20(23,24)25/h2-7,12,16H,8H2,1H3,(H,26,30)(H,27,29). The van der Waals surface area contributed by atoms with Crippen LogP contribution in [0.3, 0.4) is 0 Å². The molecule has 2 unspecified atom stereocenters. The fraction of sp³-hybridized carbons (Fsp3) is 0.250. The Morgan fingerprint density at radius 1 is 1.12 bits per heavy atom. The fourth-order valence-corrected chi connectivity index (χ4v) is 3.42. The van der Waals surface area contributed by atoms with Crippen LogP contribution in [0.15, 0.2) is 40.8 Å². The monoisotopic (exact) mass is 454 g/mol. The minimum atomic E-state index is -4.49. The maximum Gasteiger partial charge on any atom is 0.416 e. The molecule has 2 N–H and O–H groups in total. The first-order valence-corrected chi connectivity index (χ1v) is 9.25. The maximum atomic E-state index is 14.5. The lowest BCUT2D eigenvalue weighted by molar-refractivity contribution is -0.137. The zero-order chi connectivity index (χ0) is 23.0. The molecule has 0 saturated carbocycles. The van der Waals surface area contributed by atoms with Gasteiger partial charge in [0.2, 0.25) is 11.8 Å². The van der Waals surface area contributed by atoms with E-state index in [0.29, 0.717) is 0 Å². The number of amides is 1. The van der Waals surface area contributed by atoms with Gasteiger partial charge in [-0.25, -0.2) is 8.78 Å². The van der Waals surface area contributed by atoms with Crippen LogP contribution in [0.1, 0.15) is 17.0 Å². The predicted molar refractivity (Wildman–Crippen MR) is 101 cm³/mol. The summed E-state index contributed by atoms with van der Waals surface area (Å²) in [5.41, 5.74) is -0.935. The molecule has 0 aliphatic carbocycles. The number of alkyl halides is 3. The lowest BCUT2D eigenvalue weighted by Gasteiger charge is -2.19. The normalized spacial score (nSPS) is 18.5. The van der Waals surface area contributed by atoms with Gasteiger partial charge in [-0.2, -0.15) is 13.2 Å². The smallest absolute Gasteiger partial charge is 0.416 e. The van der Waals surface area contributed by atoms with Crippen molar-refractivity contribution < 1.29 is 35.9 Å². The highest BCUT2D eigenvalue weighted by Gasteiger charge is 2.40. The number of hydrogen-bond acceptors (Lipinski definition) is 6. The summed E-state index contributed by atoms with van der Waals surface area (Å²) in [6, 6.07) is 4.70. The van der Waals surface area contributed by atoms with E-state index in [-0.39, 0.29) is 35.3 Å².